The molecule has 1 aliphatic rings. The molecule has 2 nitrogen and oxygen atoms in total. The molecule has 1 fully saturated rings. The largest absolute Gasteiger partial charge is 0.318 e. The second-order valence-electron chi connectivity index (χ2n) is 5.42. The highest BCUT2D eigenvalue weighted by atomic mass is 19.1. The SMILES string of the molecule is CCC(c1ccc(F)cc1)N1CCCCC1CNC. The van der Waals surface area contributed by atoms with Crippen LogP contribution in [0.2, 0.25) is 0 Å². The van der Waals surface area contributed by atoms with E-state index in [9.17, 15) is 4.39 Å². The molecule has 106 valence electrons. The van der Waals surface area contributed by atoms with Gasteiger partial charge in [-0.05, 0) is 50.6 Å². The van der Waals surface area contributed by atoms with Crippen LogP contribution in [0.15, 0.2) is 24.3 Å². The zero-order valence-corrected chi connectivity index (χ0v) is 12.0. The van der Waals surface area contributed by atoms with Gasteiger partial charge in [-0.15, -0.1) is 0 Å². The molecule has 0 aliphatic carbocycles. The fraction of sp³-hybridized carbons (Fsp3) is 0.625. The molecule has 2 rings (SSSR count). The van der Waals surface area contributed by atoms with Crippen LogP contribution < -0.4 is 5.32 Å². The lowest BCUT2D eigenvalue weighted by Gasteiger charge is -2.41. The predicted octanol–water partition coefficient (Wildman–Crippen LogP) is 3.35. The molecule has 0 amide bonds. The van der Waals surface area contributed by atoms with E-state index in [1.54, 1.807) is 12.1 Å². The summed E-state index contributed by atoms with van der Waals surface area (Å²) in [5.41, 5.74) is 1.24. The van der Waals surface area contributed by atoms with Crippen LogP contribution in [0.4, 0.5) is 4.39 Å². The van der Waals surface area contributed by atoms with Gasteiger partial charge in [0.05, 0.1) is 0 Å². The Kier molecular flexibility index (Phi) is 5.34. The Bertz CT molecular complexity index is 375. The number of likely N-dealkylation sites (N-methyl/N-ethyl adjacent to an activating group) is 1. The van der Waals surface area contributed by atoms with Gasteiger partial charge in [-0.2, -0.15) is 0 Å². The molecule has 1 N–H and O–H groups in total. The molecule has 0 bridgehead atoms. The standard InChI is InChI=1S/C16H25FN2/c1-3-16(13-7-9-14(17)10-8-13)19-11-5-4-6-15(19)12-18-2/h7-10,15-16,18H,3-6,11-12H2,1-2H3. The van der Waals surface area contributed by atoms with Gasteiger partial charge in [0.2, 0.25) is 0 Å². The minimum Gasteiger partial charge on any atom is -0.318 e. The second-order valence-corrected chi connectivity index (χ2v) is 5.42. The van der Waals surface area contributed by atoms with E-state index in [1.165, 1.54) is 24.8 Å². The number of nitrogens with one attached hydrogen (secondary N) is 1. The molecule has 0 radical (unpaired) electrons. The van der Waals surface area contributed by atoms with E-state index >= 15 is 0 Å². The minimum absolute atomic E-state index is 0.149. The van der Waals surface area contributed by atoms with Crippen molar-refractivity contribution in [3.8, 4) is 0 Å². The van der Waals surface area contributed by atoms with Crippen LogP contribution in [0.25, 0.3) is 0 Å². The monoisotopic (exact) mass is 264 g/mol. The number of hydrogen-bond donors (Lipinski definition) is 1. The normalized spacial score (nSPS) is 22.4. The smallest absolute Gasteiger partial charge is 0.123 e. The van der Waals surface area contributed by atoms with E-state index in [4.69, 9.17) is 0 Å². The molecule has 3 heteroatoms. The van der Waals surface area contributed by atoms with Crippen LogP contribution in [0.1, 0.15) is 44.2 Å². The van der Waals surface area contributed by atoms with Gasteiger partial charge in [0, 0.05) is 18.6 Å². The summed E-state index contributed by atoms with van der Waals surface area (Å²) in [6.45, 7) is 4.42. The molecule has 1 aromatic carbocycles. The number of piperidine rings is 1. The van der Waals surface area contributed by atoms with Crippen molar-refractivity contribution in [3.63, 3.8) is 0 Å². The lowest BCUT2D eigenvalue weighted by molar-refractivity contribution is 0.0917. The maximum Gasteiger partial charge on any atom is 0.123 e. The maximum absolute atomic E-state index is 13.1. The summed E-state index contributed by atoms with van der Waals surface area (Å²) >= 11 is 0. The Morgan fingerprint density at radius 1 is 1.32 bits per heavy atom. The summed E-state index contributed by atoms with van der Waals surface area (Å²) in [7, 11) is 2.02. The van der Waals surface area contributed by atoms with Crippen LogP contribution in [-0.4, -0.2) is 31.1 Å². The molecule has 1 saturated heterocycles. The van der Waals surface area contributed by atoms with Gasteiger partial charge >= 0.3 is 0 Å². The van der Waals surface area contributed by atoms with Gasteiger partial charge in [-0.1, -0.05) is 25.5 Å². The molecule has 1 heterocycles. The van der Waals surface area contributed by atoms with Crippen molar-refractivity contribution in [2.24, 2.45) is 0 Å². The first kappa shape index (κ1) is 14.5. The highest BCUT2D eigenvalue weighted by molar-refractivity contribution is 5.20. The highest BCUT2D eigenvalue weighted by Gasteiger charge is 2.28. The van der Waals surface area contributed by atoms with Gasteiger partial charge in [-0.3, -0.25) is 4.90 Å². The summed E-state index contributed by atoms with van der Waals surface area (Å²) in [4.78, 5) is 2.60. The zero-order chi connectivity index (χ0) is 13.7. The quantitative estimate of drug-likeness (QED) is 0.877. The molecule has 2 atom stereocenters. The van der Waals surface area contributed by atoms with Crippen LogP contribution in [-0.2, 0) is 0 Å². The van der Waals surface area contributed by atoms with Crippen LogP contribution in [0.3, 0.4) is 0 Å². The average molecular weight is 264 g/mol. The molecule has 0 saturated carbocycles. The van der Waals surface area contributed by atoms with E-state index < -0.39 is 0 Å². The van der Waals surface area contributed by atoms with E-state index in [0.29, 0.717) is 12.1 Å². The summed E-state index contributed by atoms with van der Waals surface area (Å²) < 4.78 is 13.1. The predicted molar refractivity (Wildman–Crippen MR) is 77.7 cm³/mol. The third-order valence-electron chi connectivity index (χ3n) is 4.15. The minimum atomic E-state index is -0.149. The molecule has 0 spiro atoms. The van der Waals surface area contributed by atoms with E-state index in [2.05, 4.69) is 17.1 Å². The van der Waals surface area contributed by atoms with Crippen LogP contribution in [0, 0.1) is 5.82 Å². The fourth-order valence-corrected chi connectivity index (χ4v) is 3.23. The summed E-state index contributed by atoms with van der Waals surface area (Å²) in [5.74, 6) is -0.149. The summed E-state index contributed by atoms with van der Waals surface area (Å²) in [6.07, 6.45) is 4.94. The Labute approximate surface area is 116 Å². The van der Waals surface area contributed by atoms with Crippen molar-refractivity contribution in [2.75, 3.05) is 20.1 Å². The second kappa shape index (κ2) is 7.01. The first-order valence-corrected chi connectivity index (χ1v) is 7.42. The van der Waals surface area contributed by atoms with Crippen molar-refractivity contribution in [2.45, 2.75) is 44.7 Å². The Morgan fingerprint density at radius 3 is 2.68 bits per heavy atom. The number of halogens is 1. The molecule has 19 heavy (non-hydrogen) atoms. The number of nitrogens with zero attached hydrogens (tertiary/aromatic N) is 1. The topological polar surface area (TPSA) is 15.3 Å². The Hall–Kier alpha value is -0.930. The first-order chi connectivity index (χ1) is 9.26. The number of hydrogen-bond acceptors (Lipinski definition) is 2. The van der Waals surface area contributed by atoms with E-state index in [0.717, 1.165) is 19.5 Å². The first-order valence-electron chi connectivity index (χ1n) is 7.42. The highest BCUT2D eigenvalue weighted by Crippen LogP contribution is 2.30. The van der Waals surface area contributed by atoms with Gasteiger partial charge in [-0.25, -0.2) is 4.39 Å². The van der Waals surface area contributed by atoms with Gasteiger partial charge in [0.15, 0.2) is 0 Å². The number of rotatable bonds is 5. The van der Waals surface area contributed by atoms with E-state index in [-0.39, 0.29) is 5.82 Å². The van der Waals surface area contributed by atoms with Crippen LogP contribution >= 0.6 is 0 Å². The fourth-order valence-electron chi connectivity index (χ4n) is 3.23. The lowest BCUT2D eigenvalue weighted by atomic mass is 9.95. The zero-order valence-electron chi connectivity index (χ0n) is 12.0. The maximum atomic E-state index is 13.1. The average Bonchev–Trinajstić information content (AvgIpc) is 2.44. The van der Waals surface area contributed by atoms with Crippen molar-refractivity contribution >= 4 is 0 Å². The molecule has 0 aromatic heterocycles. The van der Waals surface area contributed by atoms with Gasteiger partial charge in [0.25, 0.3) is 0 Å². The van der Waals surface area contributed by atoms with Crippen molar-refractivity contribution < 1.29 is 4.39 Å². The summed E-state index contributed by atoms with van der Waals surface area (Å²) in [5, 5.41) is 3.31. The van der Waals surface area contributed by atoms with E-state index in [1.807, 2.05) is 19.2 Å². The number of benzene rings is 1. The van der Waals surface area contributed by atoms with Gasteiger partial charge < -0.3 is 5.32 Å². The lowest BCUT2D eigenvalue weighted by Crippen LogP contribution is -2.46. The third kappa shape index (κ3) is 3.54. The van der Waals surface area contributed by atoms with Crippen molar-refractivity contribution in [1.29, 1.82) is 0 Å². The molecule has 1 aliphatic heterocycles. The third-order valence-corrected chi connectivity index (χ3v) is 4.15. The van der Waals surface area contributed by atoms with Gasteiger partial charge in [0.1, 0.15) is 5.82 Å². The van der Waals surface area contributed by atoms with Crippen molar-refractivity contribution in [1.82, 2.24) is 10.2 Å². The Morgan fingerprint density at radius 2 is 2.05 bits per heavy atom. The molecular formula is C16H25FN2. The molecule has 1 aromatic rings. The Balaban J connectivity index is 2.16. The number of likely N-dealkylation sites (tertiary alicyclic amines) is 1. The molecular weight excluding hydrogens is 239 g/mol. The summed E-state index contributed by atoms with van der Waals surface area (Å²) in [6, 6.07) is 8.06. The van der Waals surface area contributed by atoms with Crippen molar-refractivity contribution in [3.05, 3.63) is 35.6 Å². The molecule has 2 unspecified atom stereocenters. The van der Waals surface area contributed by atoms with Crippen LogP contribution in [0.5, 0.6) is 0 Å².